The smallest absolute Gasteiger partial charge is 0.338 e. The summed E-state index contributed by atoms with van der Waals surface area (Å²) in [7, 11) is -0.294. The van der Waals surface area contributed by atoms with Crippen molar-refractivity contribution in [3.8, 4) is 11.5 Å². The van der Waals surface area contributed by atoms with Crippen LogP contribution in [0.5, 0.6) is 11.5 Å². The second-order valence-electron chi connectivity index (χ2n) is 6.27. The average Bonchev–Trinajstić information content (AvgIpc) is 2.70. The monoisotopic (exact) mass is 421 g/mol. The summed E-state index contributed by atoms with van der Waals surface area (Å²) in [5.41, 5.74) is 0.857. The van der Waals surface area contributed by atoms with Crippen LogP contribution in [0.2, 0.25) is 0 Å². The third-order valence-electron chi connectivity index (χ3n) is 4.13. The lowest BCUT2D eigenvalue weighted by atomic mass is 10.1. The Hall–Kier alpha value is -3.07. The molecule has 9 heteroatoms. The Morgan fingerprint density at radius 3 is 2.24 bits per heavy atom. The second kappa shape index (κ2) is 9.42. The van der Waals surface area contributed by atoms with Crippen LogP contribution in [0.15, 0.2) is 47.4 Å². The number of benzene rings is 2. The summed E-state index contributed by atoms with van der Waals surface area (Å²) in [6.07, 6.45) is 1.07. The molecule has 1 amide bonds. The molecule has 0 saturated carbocycles. The van der Waals surface area contributed by atoms with E-state index in [0.29, 0.717) is 17.1 Å². The summed E-state index contributed by atoms with van der Waals surface area (Å²) >= 11 is 0. The molecule has 0 aliphatic heterocycles. The van der Waals surface area contributed by atoms with E-state index in [2.05, 4.69) is 5.32 Å². The SMILES string of the molecule is COc1ccc(OC)c([C@H](C)NC(=O)COC(=O)c2ccc(S(C)(=O)=O)cc2)c1. The standard InChI is InChI=1S/C20H23NO7S/c1-13(17-11-15(26-2)7-10-18(17)27-3)21-19(22)12-28-20(23)14-5-8-16(9-6-14)29(4,24)25/h5-11,13H,12H2,1-4H3,(H,21,22)/t13-/m0/s1. The second-order valence-corrected chi connectivity index (χ2v) is 8.29. The molecule has 1 N–H and O–H groups in total. The molecule has 2 rings (SSSR count). The maximum atomic E-state index is 12.2. The van der Waals surface area contributed by atoms with Gasteiger partial charge in [-0.1, -0.05) is 0 Å². The molecule has 0 unspecified atom stereocenters. The topological polar surface area (TPSA) is 108 Å². The van der Waals surface area contributed by atoms with Gasteiger partial charge in [-0.05, 0) is 49.4 Å². The van der Waals surface area contributed by atoms with Crippen LogP contribution in [-0.4, -0.2) is 47.4 Å². The zero-order chi connectivity index (χ0) is 21.6. The van der Waals surface area contributed by atoms with Gasteiger partial charge < -0.3 is 19.5 Å². The Kier molecular flexibility index (Phi) is 7.22. The summed E-state index contributed by atoms with van der Waals surface area (Å²) in [4.78, 5) is 24.3. The number of amides is 1. The van der Waals surface area contributed by atoms with Gasteiger partial charge in [0.05, 0.1) is 30.7 Å². The first kappa shape index (κ1) is 22.2. The van der Waals surface area contributed by atoms with E-state index in [4.69, 9.17) is 14.2 Å². The molecule has 0 fully saturated rings. The molecular formula is C20H23NO7S. The number of carbonyl (C=O) groups is 2. The molecule has 0 radical (unpaired) electrons. The van der Waals surface area contributed by atoms with Crippen molar-refractivity contribution in [2.24, 2.45) is 0 Å². The van der Waals surface area contributed by atoms with Gasteiger partial charge >= 0.3 is 5.97 Å². The quantitative estimate of drug-likeness (QED) is 0.651. The zero-order valence-corrected chi connectivity index (χ0v) is 17.4. The molecule has 0 saturated heterocycles. The molecule has 1 atom stereocenters. The molecule has 2 aromatic carbocycles. The van der Waals surface area contributed by atoms with Gasteiger partial charge in [-0.25, -0.2) is 13.2 Å². The Morgan fingerprint density at radius 2 is 1.69 bits per heavy atom. The largest absolute Gasteiger partial charge is 0.497 e. The minimum Gasteiger partial charge on any atom is -0.497 e. The lowest BCUT2D eigenvalue weighted by molar-refractivity contribution is -0.124. The van der Waals surface area contributed by atoms with Crippen LogP contribution in [0.25, 0.3) is 0 Å². The number of nitrogens with one attached hydrogen (secondary N) is 1. The van der Waals surface area contributed by atoms with Crippen LogP contribution in [0.3, 0.4) is 0 Å². The Bertz CT molecular complexity index is 984. The molecule has 0 spiro atoms. The third-order valence-corrected chi connectivity index (χ3v) is 5.26. The van der Waals surface area contributed by atoms with E-state index in [0.717, 1.165) is 6.26 Å². The molecule has 0 aliphatic carbocycles. The van der Waals surface area contributed by atoms with Crippen LogP contribution < -0.4 is 14.8 Å². The molecule has 0 aromatic heterocycles. The van der Waals surface area contributed by atoms with Crippen molar-refractivity contribution in [1.82, 2.24) is 5.32 Å². The summed E-state index contributed by atoms with van der Waals surface area (Å²) in [6, 6.07) is 10.1. The van der Waals surface area contributed by atoms with Gasteiger partial charge in [0.15, 0.2) is 16.4 Å². The molecule has 8 nitrogen and oxygen atoms in total. The highest BCUT2D eigenvalue weighted by Crippen LogP contribution is 2.29. The Balaban J connectivity index is 1.96. The van der Waals surface area contributed by atoms with Crippen molar-refractivity contribution in [3.05, 3.63) is 53.6 Å². The first-order chi connectivity index (χ1) is 13.7. The number of rotatable bonds is 8. The first-order valence-corrected chi connectivity index (χ1v) is 10.5. The maximum absolute atomic E-state index is 12.2. The summed E-state index contributed by atoms with van der Waals surface area (Å²) in [5, 5.41) is 2.73. The van der Waals surface area contributed by atoms with Gasteiger partial charge in [0, 0.05) is 11.8 Å². The van der Waals surface area contributed by atoms with Crippen molar-refractivity contribution in [2.45, 2.75) is 17.9 Å². The maximum Gasteiger partial charge on any atom is 0.338 e. The fourth-order valence-corrected chi connectivity index (χ4v) is 3.22. The van der Waals surface area contributed by atoms with E-state index in [-0.39, 0.29) is 10.5 Å². The highest BCUT2D eigenvalue weighted by molar-refractivity contribution is 7.90. The predicted molar refractivity (Wildman–Crippen MR) is 106 cm³/mol. The average molecular weight is 421 g/mol. The summed E-state index contributed by atoms with van der Waals surface area (Å²) in [6.45, 7) is 1.28. The van der Waals surface area contributed by atoms with Crippen molar-refractivity contribution in [2.75, 3.05) is 27.1 Å². The molecule has 0 aliphatic rings. The van der Waals surface area contributed by atoms with Gasteiger partial charge in [-0.2, -0.15) is 0 Å². The van der Waals surface area contributed by atoms with E-state index < -0.39 is 34.4 Å². The van der Waals surface area contributed by atoms with Crippen LogP contribution in [0.4, 0.5) is 0 Å². The van der Waals surface area contributed by atoms with E-state index in [9.17, 15) is 18.0 Å². The van der Waals surface area contributed by atoms with Crippen LogP contribution in [-0.2, 0) is 19.4 Å². The number of sulfone groups is 1. The van der Waals surface area contributed by atoms with E-state index in [1.54, 1.807) is 25.1 Å². The lowest BCUT2D eigenvalue weighted by Gasteiger charge is -2.18. The van der Waals surface area contributed by atoms with E-state index >= 15 is 0 Å². The van der Waals surface area contributed by atoms with Gasteiger partial charge in [-0.3, -0.25) is 4.79 Å². The summed E-state index contributed by atoms with van der Waals surface area (Å²) in [5.74, 6) is -0.0253. The van der Waals surface area contributed by atoms with E-state index in [1.807, 2.05) is 0 Å². The molecule has 156 valence electrons. The highest BCUT2D eigenvalue weighted by Gasteiger charge is 2.17. The normalized spacial score (nSPS) is 12.0. The number of methoxy groups -OCH3 is 2. The first-order valence-electron chi connectivity index (χ1n) is 8.64. The molecule has 0 heterocycles. The number of ether oxygens (including phenoxy) is 3. The van der Waals surface area contributed by atoms with Gasteiger partial charge in [0.25, 0.3) is 5.91 Å². The molecule has 29 heavy (non-hydrogen) atoms. The molecule has 0 bridgehead atoms. The number of hydrogen-bond acceptors (Lipinski definition) is 7. The number of esters is 1. The zero-order valence-electron chi connectivity index (χ0n) is 16.6. The highest BCUT2D eigenvalue weighted by atomic mass is 32.2. The van der Waals surface area contributed by atoms with Crippen LogP contribution in [0, 0.1) is 0 Å². The molecule has 2 aromatic rings. The van der Waals surface area contributed by atoms with Crippen molar-refractivity contribution < 1.29 is 32.2 Å². The van der Waals surface area contributed by atoms with Gasteiger partial charge in [-0.15, -0.1) is 0 Å². The van der Waals surface area contributed by atoms with Crippen molar-refractivity contribution >= 4 is 21.7 Å². The lowest BCUT2D eigenvalue weighted by Crippen LogP contribution is -2.31. The van der Waals surface area contributed by atoms with E-state index in [1.165, 1.54) is 38.5 Å². The van der Waals surface area contributed by atoms with Gasteiger partial charge in [0.2, 0.25) is 0 Å². The fourth-order valence-electron chi connectivity index (χ4n) is 2.59. The number of hydrogen-bond donors (Lipinski definition) is 1. The van der Waals surface area contributed by atoms with Crippen LogP contribution in [0.1, 0.15) is 28.9 Å². The molecular weight excluding hydrogens is 398 g/mol. The Labute approximate surface area is 169 Å². The summed E-state index contributed by atoms with van der Waals surface area (Å²) < 4.78 is 38.4. The van der Waals surface area contributed by atoms with Crippen molar-refractivity contribution in [3.63, 3.8) is 0 Å². The van der Waals surface area contributed by atoms with Gasteiger partial charge in [0.1, 0.15) is 11.5 Å². The minimum absolute atomic E-state index is 0.0906. The predicted octanol–water partition coefficient (Wildman–Crippen LogP) is 2.14. The fraction of sp³-hybridized carbons (Fsp3) is 0.300. The Morgan fingerprint density at radius 1 is 1.03 bits per heavy atom. The number of carbonyl (C=O) groups excluding carboxylic acids is 2. The third kappa shape index (κ3) is 5.95. The van der Waals surface area contributed by atoms with Crippen molar-refractivity contribution in [1.29, 1.82) is 0 Å². The minimum atomic E-state index is -3.36. The van der Waals surface area contributed by atoms with Crippen LogP contribution >= 0.6 is 0 Å².